The van der Waals surface area contributed by atoms with Crippen LogP contribution in [0.4, 0.5) is 4.39 Å². The highest BCUT2D eigenvalue weighted by atomic mass is 19.1. The average molecular weight is 172 g/mol. The predicted molar refractivity (Wildman–Crippen MR) is 50.9 cm³/mol. The van der Waals surface area contributed by atoms with Gasteiger partial charge in [0, 0.05) is 0 Å². The molecule has 0 amide bonds. The van der Waals surface area contributed by atoms with Gasteiger partial charge in [0.25, 0.3) is 0 Å². The van der Waals surface area contributed by atoms with Crippen LogP contribution in [0.3, 0.4) is 0 Å². The first-order valence-corrected chi connectivity index (χ1v) is 5.27. The summed E-state index contributed by atoms with van der Waals surface area (Å²) in [6.07, 6.45) is 3.53. The van der Waals surface area contributed by atoms with Crippen LogP contribution in [-0.4, -0.2) is 6.17 Å². The van der Waals surface area contributed by atoms with Crippen molar-refractivity contribution in [3.63, 3.8) is 0 Å². The van der Waals surface area contributed by atoms with Gasteiger partial charge in [-0.3, -0.25) is 0 Å². The molecule has 0 spiro atoms. The quantitative estimate of drug-likeness (QED) is 0.594. The van der Waals surface area contributed by atoms with Crippen LogP contribution in [0.25, 0.3) is 0 Å². The molecule has 0 N–H and O–H groups in total. The van der Waals surface area contributed by atoms with Crippen molar-refractivity contribution in [1.82, 2.24) is 0 Å². The Morgan fingerprint density at radius 2 is 1.92 bits per heavy atom. The summed E-state index contributed by atoms with van der Waals surface area (Å²) in [5.74, 6) is 1.96. The Balaban J connectivity index is 2.45. The maximum Gasteiger partial charge on any atom is 0.101 e. The number of alkyl halides is 1. The highest BCUT2D eigenvalue weighted by Crippen LogP contribution is 2.36. The molecule has 72 valence electrons. The third-order valence-electron chi connectivity index (χ3n) is 3.30. The van der Waals surface area contributed by atoms with Gasteiger partial charge >= 0.3 is 0 Å². The third kappa shape index (κ3) is 2.46. The van der Waals surface area contributed by atoms with Crippen molar-refractivity contribution in [2.45, 2.75) is 52.6 Å². The fraction of sp³-hybridized carbons (Fsp3) is 1.00. The molecule has 0 heterocycles. The summed E-state index contributed by atoms with van der Waals surface area (Å²) in [5, 5.41) is 0. The van der Waals surface area contributed by atoms with E-state index in [1.54, 1.807) is 0 Å². The highest BCUT2D eigenvalue weighted by Gasteiger charge is 2.29. The van der Waals surface area contributed by atoms with E-state index in [-0.39, 0.29) is 0 Å². The van der Waals surface area contributed by atoms with E-state index in [0.717, 1.165) is 19.3 Å². The largest absolute Gasteiger partial charge is 0.247 e. The van der Waals surface area contributed by atoms with Gasteiger partial charge < -0.3 is 0 Å². The maximum atomic E-state index is 13.2. The molecule has 0 aromatic rings. The number of hydrogen-bond donors (Lipinski definition) is 0. The monoisotopic (exact) mass is 172 g/mol. The lowest BCUT2D eigenvalue weighted by atomic mass is 9.74. The van der Waals surface area contributed by atoms with Gasteiger partial charge in [0.05, 0.1) is 0 Å². The molecule has 1 saturated carbocycles. The van der Waals surface area contributed by atoms with Crippen molar-refractivity contribution < 1.29 is 4.39 Å². The Hall–Kier alpha value is -0.0700. The van der Waals surface area contributed by atoms with Gasteiger partial charge in [0.1, 0.15) is 6.17 Å². The summed E-state index contributed by atoms with van der Waals surface area (Å²) in [4.78, 5) is 0. The molecule has 3 atom stereocenters. The summed E-state index contributed by atoms with van der Waals surface area (Å²) in [6.45, 7) is 6.62. The molecule has 0 nitrogen and oxygen atoms in total. The second kappa shape index (κ2) is 4.25. The average Bonchev–Trinajstić information content (AvgIpc) is 2.03. The van der Waals surface area contributed by atoms with Gasteiger partial charge in [0.15, 0.2) is 0 Å². The fourth-order valence-corrected chi connectivity index (χ4v) is 2.28. The van der Waals surface area contributed by atoms with Crippen molar-refractivity contribution in [3.05, 3.63) is 0 Å². The maximum absolute atomic E-state index is 13.2. The van der Waals surface area contributed by atoms with Gasteiger partial charge in [-0.05, 0) is 37.0 Å². The highest BCUT2D eigenvalue weighted by molar-refractivity contribution is 4.79. The van der Waals surface area contributed by atoms with E-state index in [1.165, 1.54) is 6.42 Å². The van der Waals surface area contributed by atoms with E-state index >= 15 is 0 Å². The first kappa shape index (κ1) is 10.0. The van der Waals surface area contributed by atoms with Gasteiger partial charge in [-0.15, -0.1) is 0 Å². The number of hydrogen-bond acceptors (Lipinski definition) is 0. The molecule has 1 heteroatoms. The van der Waals surface area contributed by atoms with Crippen LogP contribution >= 0.6 is 0 Å². The van der Waals surface area contributed by atoms with Crippen LogP contribution in [0.2, 0.25) is 0 Å². The zero-order chi connectivity index (χ0) is 9.14. The Bertz CT molecular complexity index is 131. The predicted octanol–water partition coefficient (Wildman–Crippen LogP) is 3.81. The molecular weight excluding hydrogens is 151 g/mol. The Kier molecular flexibility index (Phi) is 3.54. The summed E-state index contributed by atoms with van der Waals surface area (Å²) in [7, 11) is 0. The molecule has 0 aromatic heterocycles. The zero-order valence-electron chi connectivity index (χ0n) is 8.52. The minimum atomic E-state index is -0.518. The van der Waals surface area contributed by atoms with Crippen molar-refractivity contribution in [2.75, 3.05) is 0 Å². The lowest BCUT2D eigenvalue weighted by Crippen LogP contribution is -2.26. The zero-order valence-corrected chi connectivity index (χ0v) is 8.52. The molecular formula is C11H21F. The number of rotatable bonds is 2. The lowest BCUT2D eigenvalue weighted by molar-refractivity contribution is 0.119. The SMILES string of the molecule is CC[C@@H]1CC(F)C[C@H](C(C)C)C1. The van der Waals surface area contributed by atoms with Crippen LogP contribution in [-0.2, 0) is 0 Å². The van der Waals surface area contributed by atoms with Crippen LogP contribution in [0, 0.1) is 17.8 Å². The standard InChI is InChI=1S/C11H21F/c1-4-9-5-10(8(2)3)7-11(12)6-9/h8-11H,4-7H2,1-3H3/t9-,10+,11?/m0/s1. The number of halogens is 1. The summed E-state index contributed by atoms with van der Waals surface area (Å²) < 4.78 is 13.2. The molecule has 1 aliphatic carbocycles. The molecule has 1 aliphatic rings. The van der Waals surface area contributed by atoms with Gasteiger partial charge in [-0.1, -0.05) is 27.2 Å². The van der Waals surface area contributed by atoms with E-state index in [9.17, 15) is 4.39 Å². The minimum absolute atomic E-state index is 0.518. The molecule has 0 radical (unpaired) electrons. The van der Waals surface area contributed by atoms with Crippen molar-refractivity contribution in [1.29, 1.82) is 0 Å². The molecule has 1 fully saturated rings. The molecule has 0 aromatic carbocycles. The topological polar surface area (TPSA) is 0 Å². The molecule has 0 aliphatic heterocycles. The van der Waals surface area contributed by atoms with Crippen LogP contribution in [0.15, 0.2) is 0 Å². The second-order valence-electron chi connectivity index (χ2n) is 4.58. The van der Waals surface area contributed by atoms with E-state index in [0.29, 0.717) is 17.8 Å². The first-order chi connectivity index (χ1) is 5.63. The Morgan fingerprint density at radius 3 is 2.42 bits per heavy atom. The summed E-state index contributed by atoms with van der Waals surface area (Å²) in [5.41, 5.74) is 0. The normalized spacial score (nSPS) is 37.2. The van der Waals surface area contributed by atoms with Gasteiger partial charge in [-0.2, -0.15) is 0 Å². The Labute approximate surface area is 75.5 Å². The van der Waals surface area contributed by atoms with E-state index in [2.05, 4.69) is 20.8 Å². The van der Waals surface area contributed by atoms with E-state index in [4.69, 9.17) is 0 Å². The van der Waals surface area contributed by atoms with Crippen LogP contribution < -0.4 is 0 Å². The molecule has 1 unspecified atom stereocenters. The van der Waals surface area contributed by atoms with Gasteiger partial charge in [-0.25, -0.2) is 4.39 Å². The van der Waals surface area contributed by atoms with Crippen LogP contribution in [0.1, 0.15) is 46.5 Å². The molecule has 0 saturated heterocycles. The fourth-order valence-electron chi connectivity index (χ4n) is 2.28. The van der Waals surface area contributed by atoms with E-state index in [1.807, 2.05) is 0 Å². The van der Waals surface area contributed by atoms with Crippen LogP contribution in [0.5, 0.6) is 0 Å². The molecule has 1 rings (SSSR count). The Morgan fingerprint density at radius 1 is 1.25 bits per heavy atom. The second-order valence-corrected chi connectivity index (χ2v) is 4.58. The van der Waals surface area contributed by atoms with Crippen molar-refractivity contribution in [2.24, 2.45) is 17.8 Å². The van der Waals surface area contributed by atoms with E-state index < -0.39 is 6.17 Å². The van der Waals surface area contributed by atoms with Crippen molar-refractivity contribution in [3.8, 4) is 0 Å². The smallest absolute Gasteiger partial charge is 0.101 e. The summed E-state index contributed by atoms with van der Waals surface area (Å²) >= 11 is 0. The lowest BCUT2D eigenvalue weighted by Gasteiger charge is -2.33. The first-order valence-electron chi connectivity index (χ1n) is 5.27. The molecule has 0 bridgehead atoms. The molecule has 12 heavy (non-hydrogen) atoms. The summed E-state index contributed by atoms with van der Waals surface area (Å²) in [6, 6.07) is 0. The van der Waals surface area contributed by atoms with Crippen molar-refractivity contribution >= 4 is 0 Å². The third-order valence-corrected chi connectivity index (χ3v) is 3.30. The van der Waals surface area contributed by atoms with Gasteiger partial charge in [0.2, 0.25) is 0 Å². The minimum Gasteiger partial charge on any atom is -0.247 e.